The topological polar surface area (TPSA) is 81.5 Å². The molecule has 2 aromatic rings. The van der Waals surface area contributed by atoms with E-state index in [0.29, 0.717) is 22.6 Å². The number of benzene rings is 2. The third-order valence-electron chi connectivity index (χ3n) is 3.45. The van der Waals surface area contributed by atoms with Crippen LogP contribution in [0.2, 0.25) is 0 Å². The van der Waals surface area contributed by atoms with Crippen LogP contribution in [0.15, 0.2) is 77.4 Å². The van der Waals surface area contributed by atoms with Gasteiger partial charge in [-0.15, -0.1) is 10.2 Å². The molecule has 0 heterocycles. The highest BCUT2D eigenvalue weighted by Gasteiger charge is 2.14. The minimum atomic E-state index is -0.488. The molecule has 0 radical (unpaired) electrons. The van der Waals surface area contributed by atoms with E-state index in [-0.39, 0.29) is 5.82 Å². The Morgan fingerprint density at radius 2 is 1.89 bits per heavy atom. The zero-order valence-electron chi connectivity index (χ0n) is 15.4. The number of methoxy groups -OCH3 is 2. The molecule has 0 amide bonds. The van der Waals surface area contributed by atoms with Crippen molar-refractivity contribution in [2.45, 2.75) is 6.92 Å². The number of carbonyl (C=O) groups excluding carboxylic acids is 1. The predicted octanol–water partition coefficient (Wildman–Crippen LogP) is 4.29. The second-order valence-electron chi connectivity index (χ2n) is 5.43. The van der Waals surface area contributed by atoms with E-state index in [4.69, 9.17) is 14.3 Å². The van der Waals surface area contributed by atoms with E-state index in [2.05, 4.69) is 22.3 Å². The molecule has 7 heteroatoms. The molecule has 1 N–H and O–H groups in total. The fraction of sp³-hybridized carbons (Fsp3) is 0.150. The van der Waals surface area contributed by atoms with Gasteiger partial charge in [0.1, 0.15) is 5.57 Å². The van der Waals surface area contributed by atoms with Gasteiger partial charge in [0.15, 0.2) is 11.6 Å². The number of hydroxylamine groups is 1. The largest absolute Gasteiger partial charge is 0.503 e. The first-order chi connectivity index (χ1) is 13.0. The fourth-order valence-electron chi connectivity index (χ4n) is 2.14. The highest BCUT2D eigenvalue weighted by atomic mass is 16.6. The normalized spacial score (nSPS) is 11.1. The first-order valence-electron chi connectivity index (χ1n) is 8.06. The SMILES string of the molecule is C=C(N=Nc1ccccc1)NOc1ccc(C(=COC)C(=O)OC)cc1C. The number of ether oxygens (including phenoxy) is 2. The fourth-order valence-corrected chi connectivity index (χ4v) is 2.14. The number of rotatable bonds is 8. The molecule has 0 unspecified atom stereocenters. The summed E-state index contributed by atoms with van der Waals surface area (Å²) >= 11 is 0. The van der Waals surface area contributed by atoms with Crippen LogP contribution in [0, 0.1) is 6.92 Å². The van der Waals surface area contributed by atoms with Crippen molar-refractivity contribution < 1.29 is 19.1 Å². The van der Waals surface area contributed by atoms with Crippen molar-refractivity contribution in [3.8, 4) is 5.75 Å². The molecule has 2 rings (SSSR count). The minimum Gasteiger partial charge on any atom is -0.503 e. The highest BCUT2D eigenvalue weighted by molar-refractivity contribution is 6.16. The number of carbonyl (C=O) groups is 1. The van der Waals surface area contributed by atoms with Gasteiger partial charge in [-0.3, -0.25) is 0 Å². The Labute approximate surface area is 157 Å². The maximum atomic E-state index is 11.9. The van der Waals surface area contributed by atoms with Gasteiger partial charge >= 0.3 is 5.97 Å². The van der Waals surface area contributed by atoms with Crippen molar-refractivity contribution in [2.75, 3.05) is 14.2 Å². The first-order valence-corrected chi connectivity index (χ1v) is 8.06. The second kappa shape index (κ2) is 9.76. The van der Waals surface area contributed by atoms with Crippen molar-refractivity contribution >= 4 is 17.2 Å². The third kappa shape index (κ3) is 5.71. The molecule has 0 fully saturated rings. The number of aryl methyl sites for hydroxylation is 1. The van der Waals surface area contributed by atoms with E-state index in [1.807, 2.05) is 37.3 Å². The molecule has 0 bridgehead atoms. The highest BCUT2D eigenvalue weighted by Crippen LogP contribution is 2.24. The molecule has 27 heavy (non-hydrogen) atoms. The van der Waals surface area contributed by atoms with E-state index < -0.39 is 5.97 Å². The van der Waals surface area contributed by atoms with Crippen LogP contribution in [0.1, 0.15) is 11.1 Å². The molecule has 0 aliphatic heterocycles. The summed E-state index contributed by atoms with van der Waals surface area (Å²) in [4.78, 5) is 17.4. The van der Waals surface area contributed by atoms with Crippen LogP contribution in [0.3, 0.4) is 0 Å². The van der Waals surface area contributed by atoms with Crippen LogP contribution >= 0.6 is 0 Å². The second-order valence-corrected chi connectivity index (χ2v) is 5.43. The summed E-state index contributed by atoms with van der Waals surface area (Å²) in [5.74, 6) is 0.311. The number of hydrogen-bond donors (Lipinski definition) is 1. The number of nitrogens with one attached hydrogen (secondary N) is 1. The number of azo groups is 1. The summed E-state index contributed by atoms with van der Waals surface area (Å²) in [5.41, 5.74) is 5.09. The lowest BCUT2D eigenvalue weighted by molar-refractivity contribution is -0.133. The summed E-state index contributed by atoms with van der Waals surface area (Å²) in [6.07, 6.45) is 1.34. The molecule has 7 nitrogen and oxygen atoms in total. The van der Waals surface area contributed by atoms with Gasteiger partial charge in [0.05, 0.1) is 26.2 Å². The van der Waals surface area contributed by atoms with Crippen LogP contribution in [-0.4, -0.2) is 20.2 Å². The number of nitrogens with zero attached hydrogens (tertiary/aromatic N) is 2. The lowest BCUT2D eigenvalue weighted by Crippen LogP contribution is -2.16. The molecule has 0 atom stereocenters. The van der Waals surface area contributed by atoms with Crippen molar-refractivity contribution in [3.63, 3.8) is 0 Å². The summed E-state index contributed by atoms with van der Waals surface area (Å²) in [6.45, 7) is 5.58. The zero-order valence-corrected chi connectivity index (χ0v) is 15.4. The van der Waals surface area contributed by atoms with Crippen LogP contribution in [-0.2, 0) is 14.3 Å². The maximum Gasteiger partial charge on any atom is 0.341 e. The molecule has 2 aromatic carbocycles. The Kier molecular flexibility index (Phi) is 7.13. The summed E-state index contributed by atoms with van der Waals surface area (Å²) in [7, 11) is 2.78. The zero-order chi connectivity index (χ0) is 19.6. The summed E-state index contributed by atoms with van der Waals surface area (Å²) in [6, 6.07) is 14.5. The quantitative estimate of drug-likeness (QED) is 0.247. The minimum absolute atomic E-state index is 0.247. The van der Waals surface area contributed by atoms with E-state index in [1.54, 1.807) is 18.2 Å². The molecule has 0 aromatic heterocycles. The van der Waals surface area contributed by atoms with Gasteiger partial charge in [0, 0.05) is 0 Å². The summed E-state index contributed by atoms with van der Waals surface area (Å²) < 4.78 is 9.72. The monoisotopic (exact) mass is 367 g/mol. The van der Waals surface area contributed by atoms with E-state index >= 15 is 0 Å². The van der Waals surface area contributed by atoms with Crippen molar-refractivity contribution in [2.24, 2.45) is 10.2 Å². The molecule has 0 saturated carbocycles. The summed E-state index contributed by atoms with van der Waals surface area (Å²) in [5, 5.41) is 7.99. The van der Waals surface area contributed by atoms with Gasteiger partial charge in [-0.05, 0) is 42.3 Å². The van der Waals surface area contributed by atoms with Gasteiger partial charge in [-0.1, -0.05) is 30.8 Å². The Morgan fingerprint density at radius 3 is 2.52 bits per heavy atom. The van der Waals surface area contributed by atoms with Gasteiger partial charge < -0.3 is 14.3 Å². The lowest BCUT2D eigenvalue weighted by Gasteiger charge is -2.11. The Hall–Kier alpha value is -3.61. The van der Waals surface area contributed by atoms with Gasteiger partial charge in [-0.2, -0.15) is 0 Å². The molecule has 140 valence electrons. The van der Waals surface area contributed by atoms with Crippen LogP contribution in [0.4, 0.5) is 5.69 Å². The molecular formula is C20H21N3O4. The average Bonchev–Trinajstić information content (AvgIpc) is 2.69. The molecule has 0 aliphatic rings. The third-order valence-corrected chi connectivity index (χ3v) is 3.45. The lowest BCUT2D eigenvalue weighted by atomic mass is 10.0. The molecule has 0 saturated heterocycles. The van der Waals surface area contributed by atoms with Crippen molar-refractivity contribution in [1.82, 2.24) is 5.48 Å². The maximum absolute atomic E-state index is 11.9. The standard InChI is InChI=1S/C20H21N3O4/c1-14-12-16(18(13-25-3)20(24)26-4)10-11-19(14)27-23-15(2)21-22-17-8-6-5-7-9-17/h5-13,23H,2H2,1,3-4H3. The molecule has 0 spiro atoms. The predicted molar refractivity (Wildman–Crippen MR) is 102 cm³/mol. The Morgan fingerprint density at radius 1 is 1.15 bits per heavy atom. The number of esters is 1. The number of hydrogen-bond acceptors (Lipinski definition) is 7. The van der Waals surface area contributed by atoms with Gasteiger partial charge in [0.2, 0.25) is 0 Å². The van der Waals surface area contributed by atoms with Crippen molar-refractivity contribution in [3.05, 3.63) is 78.3 Å². The van der Waals surface area contributed by atoms with Crippen molar-refractivity contribution in [1.29, 1.82) is 0 Å². The van der Waals surface area contributed by atoms with E-state index in [0.717, 1.165) is 5.56 Å². The van der Waals surface area contributed by atoms with Crippen LogP contribution < -0.4 is 10.3 Å². The smallest absolute Gasteiger partial charge is 0.341 e. The average molecular weight is 367 g/mol. The Bertz CT molecular complexity index is 861. The first kappa shape index (κ1) is 19.7. The molecular weight excluding hydrogens is 346 g/mol. The van der Waals surface area contributed by atoms with E-state index in [1.165, 1.54) is 20.5 Å². The van der Waals surface area contributed by atoms with Gasteiger partial charge in [-0.25, -0.2) is 10.3 Å². The van der Waals surface area contributed by atoms with Crippen LogP contribution in [0.5, 0.6) is 5.75 Å². The van der Waals surface area contributed by atoms with Crippen LogP contribution in [0.25, 0.3) is 5.57 Å². The van der Waals surface area contributed by atoms with E-state index in [9.17, 15) is 4.79 Å². The molecule has 0 aliphatic carbocycles. The Balaban J connectivity index is 2.03. The van der Waals surface area contributed by atoms with Gasteiger partial charge in [0.25, 0.3) is 0 Å².